The number of carbonyl (C=O) groups is 2. The first-order valence-corrected chi connectivity index (χ1v) is 6.47. The molecule has 1 aromatic carbocycles. The summed E-state index contributed by atoms with van der Waals surface area (Å²) in [4.78, 5) is 22.3. The van der Waals surface area contributed by atoms with Gasteiger partial charge in [-0.1, -0.05) is 19.3 Å². The van der Waals surface area contributed by atoms with Crippen LogP contribution in [0.25, 0.3) is 0 Å². The van der Waals surface area contributed by atoms with Crippen molar-refractivity contribution in [3.63, 3.8) is 0 Å². The van der Waals surface area contributed by atoms with Crippen LogP contribution in [-0.2, 0) is 0 Å². The number of ether oxygens (including phenoxy) is 1. The highest BCUT2D eigenvalue weighted by atomic mass is 16.6. The highest BCUT2D eigenvalue weighted by Crippen LogP contribution is 2.18. The highest BCUT2D eigenvalue weighted by Gasteiger charge is 2.16. The van der Waals surface area contributed by atoms with Crippen LogP contribution in [0.3, 0.4) is 0 Å². The molecule has 5 heteroatoms. The van der Waals surface area contributed by atoms with Crippen LogP contribution in [0.5, 0.6) is 5.75 Å². The van der Waals surface area contributed by atoms with Crippen molar-refractivity contribution < 1.29 is 19.4 Å². The average molecular weight is 263 g/mol. The van der Waals surface area contributed by atoms with E-state index >= 15 is 0 Å². The van der Waals surface area contributed by atoms with Crippen molar-refractivity contribution in [2.45, 2.75) is 38.1 Å². The van der Waals surface area contributed by atoms with E-state index in [1.54, 1.807) is 0 Å². The van der Waals surface area contributed by atoms with Crippen LogP contribution >= 0.6 is 0 Å². The van der Waals surface area contributed by atoms with Gasteiger partial charge in [-0.2, -0.15) is 0 Å². The van der Waals surface area contributed by atoms with Gasteiger partial charge in [-0.15, -0.1) is 0 Å². The van der Waals surface area contributed by atoms with Crippen LogP contribution in [0.1, 0.15) is 42.5 Å². The van der Waals surface area contributed by atoms with Crippen LogP contribution in [0.2, 0.25) is 0 Å². The molecule has 2 rings (SSSR count). The second kappa shape index (κ2) is 6.22. The Balaban J connectivity index is 1.85. The van der Waals surface area contributed by atoms with Gasteiger partial charge in [0.05, 0.1) is 5.56 Å². The molecule has 0 bridgehead atoms. The van der Waals surface area contributed by atoms with Gasteiger partial charge in [-0.05, 0) is 37.1 Å². The summed E-state index contributed by atoms with van der Waals surface area (Å²) >= 11 is 0. The van der Waals surface area contributed by atoms with Crippen LogP contribution in [0.4, 0.5) is 4.79 Å². The number of carbonyl (C=O) groups excluding carboxylic acids is 1. The Bertz CT molecular complexity index is 449. The Kier molecular flexibility index (Phi) is 4.39. The molecule has 0 spiro atoms. The van der Waals surface area contributed by atoms with Gasteiger partial charge < -0.3 is 15.2 Å². The number of benzene rings is 1. The fraction of sp³-hybridized carbons (Fsp3) is 0.429. The lowest BCUT2D eigenvalue weighted by Gasteiger charge is -2.22. The zero-order valence-corrected chi connectivity index (χ0v) is 10.6. The van der Waals surface area contributed by atoms with Crippen molar-refractivity contribution in [3.8, 4) is 5.75 Å². The Morgan fingerprint density at radius 2 is 1.74 bits per heavy atom. The minimum absolute atomic E-state index is 0.167. The standard InChI is InChI=1S/C14H17NO4/c16-13(17)10-6-8-12(9-7-10)19-14(18)15-11-4-2-1-3-5-11/h6-9,11H,1-5H2,(H,15,18)(H,16,17). The summed E-state index contributed by atoms with van der Waals surface area (Å²) in [7, 11) is 0. The molecule has 1 fully saturated rings. The molecule has 5 nitrogen and oxygen atoms in total. The third kappa shape index (κ3) is 3.98. The maximum absolute atomic E-state index is 11.6. The molecule has 0 atom stereocenters. The second-order valence-corrected chi connectivity index (χ2v) is 4.70. The van der Waals surface area contributed by atoms with E-state index in [0.717, 1.165) is 25.7 Å². The van der Waals surface area contributed by atoms with Crippen LogP contribution < -0.4 is 10.1 Å². The van der Waals surface area contributed by atoms with E-state index in [0.29, 0.717) is 5.75 Å². The molecule has 0 unspecified atom stereocenters. The molecule has 1 amide bonds. The minimum atomic E-state index is -1.00. The topological polar surface area (TPSA) is 75.6 Å². The zero-order valence-electron chi connectivity index (χ0n) is 10.6. The Morgan fingerprint density at radius 1 is 1.11 bits per heavy atom. The molecule has 0 heterocycles. The minimum Gasteiger partial charge on any atom is -0.478 e. The third-order valence-electron chi connectivity index (χ3n) is 3.24. The van der Waals surface area contributed by atoms with E-state index in [-0.39, 0.29) is 11.6 Å². The predicted molar refractivity (Wildman–Crippen MR) is 69.4 cm³/mol. The zero-order chi connectivity index (χ0) is 13.7. The number of hydrogen-bond acceptors (Lipinski definition) is 3. The monoisotopic (exact) mass is 263 g/mol. The molecule has 2 N–H and O–H groups in total. The largest absolute Gasteiger partial charge is 0.478 e. The number of hydrogen-bond donors (Lipinski definition) is 2. The lowest BCUT2D eigenvalue weighted by atomic mass is 9.96. The number of aromatic carboxylic acids is 1. The highest BCUT2D eigenvalue weighted by molar-refractivity contribution is 5.87. The number of amides is 1. The molecule has 1 saturated carbocycles. The molecule has 0 radical (unpaired) electrons. The number of carboxylic acid groups (broad SMARTS) is 1. The first kappa shape index (κ1) is 13.4. The average Bonchev–Trinajstić information content (AvgIpc) is 2.40. The van der Waals surface area contributed by atoms with E-state index in [9.17, 15) is 9.59 Å². The molecule has 0 saturated heterocycles. The fourth-order valence-corrected chi connectivity index (χ4v) is 2.22. The van der Waals surface area contributed by atoms with Crippen molar-refractivity contribution in [2.75, 3.05) is 0 Å². The molecule has 1 aromatic rings. The maximum Gasteiger partial charge on any atom is 0.412 e. The van der Waals surface area contributed by atoms with Crippen LogP contribution in [-0.4, -0.2) is 23.2 Å². The van der Waals surface area contributed by atoms with Gasteiger partial charge >= 0.3 is 12.1 Å². The maximum atomic E-state index is 11.6. The van der Waals surface area contributed by atoms with Crippen LogP contribution in [0, 0.1) is 0 Å². The van der Waals surface area contributed by atoms with Crippen molar-refractivity contribution in [3.05, 3.63) is 29.8 Å². The fourth-order valence-electron chi connectivity index (χ4n) is 2.22. The summed E-state index contributed by atoms with van der Waals surface area (Å²) in [5.41, 5.74) is 0.167. The Labute approximate surface area is 111 Å². The van der Waals surface area contributed by atoms with Gasteiger partial charge in [0.1, 0.15) is 5.75 Å². The van der Waals surface area contributed by atoms with Gasteiger partial charge in [-0.25, -0.2) is 9.59 Å². The molecule has 1 aliphatic carbocycles. The number of carboxylic acids is 1. The third-order valence-corrected chi connectivity index (χ3v) is 3.24. The van der Waals surface area contributed by atoms with E-state index in [1.165, 1.54) is 30.7 Å². The Hall–Kier alpha value is -2.04. The van der Waals surface area contributed by atoms with Gasteiger partial charge in [0.25, 0.3) is 0 Å². The lowest BCUT2D eigenvalue weighted by Crippen LogP contribution is -2.37. The van der Waals surface area contributed by atoms with Gasteiger partial charge in [0.2, 0.25) is 0 Å². The summed E-state index contributed by atoms with van der Waals surface area (Å²) in [6.07, 6.45) is 5.01. The summed E-state index contributed by atoms with van der Waals surface area (Å²) < 4.78 is 5.11. The second-order valence-electron chi connectivity index (χ2n) is 4.70. The van der Waals surface area contributed by atoms with Crippen LogP contribution in [0.15, 0.2) is 24.3 Å². The molecule has 0 aliphatic heterocycles. The predicted octanol–water partition coefficient (Wildman–Crippen LogP) is 2.81. The van der Waals surface area contributed by atoms with Crippen molar-refractivity contribution in [2.24, 2.45) is 0 Å². The lowest BCUT2D eigenvalue weighted by molar-refractivity contribution is 0.0697. The Morgan fingerprint density at radius 3 is 2.32 bits per heavy atom. The quantitative estimate of drug-likeness (QED) is 0.879. The normalized spacial score (nSPS) is 15.8. The van der Waals surface area contributed by atoms with Crippen molar-refractivity contribution >= 4 is 12.1 Å². The first-order valence-electron chi connectivity index (χ1n) is 6.47. The molecular weight excluding hydrogens is 246 g/mol. The van der Waals surface area contributed by atoms with Gasteiger partial charge in [0.15, 0.2) is 0 Å². The smallest absolute Gasteiger partial charge is 0.412 e. The molecular formula is C14H17NO4. The molecule has 19 heavy (non-hydrogen) atoms. The summed E-state index contributed by atoms with van der Waals surface area (Å²) in [5.74, 6) is -0.656. The summed E-state index contributed by atoms with van der Waals surface area (Å²) in [5, 5.41) is 11.6. The van der Waals surface area contributed by atoms with E-state index < -0.39 is 12.1 Å². The van der Waals surface area contributed by atoms with E-state index in [4.69, 9.17) is 9.84 Å². The summed E-state index contributed by atoms with van der Waals surface area (Å²) in [6.45, 7) is 0. The molecule has 102 valence electrons. The number of rotatable bonds is 3. The van der Waals surface area contributed by atoms with E-state index in [2.05, 4.69) is 5.32 Å². The number of nitrogens with one attached hydrogen (secondary N) is 1. The van der Waals surface area contributed by atoms with Crippen molar-refractivity contribution in [1.29, 1.82) is 0 Å². The van der Waals surface area contributed by atoms with Crippen molar-refractivity contribution in [1.82, 2.24) is 5.32 Å². The van der Waals surface area contributed by atoms with E-state index in [1.807, 2.05) is 0 Å². The molecule has 1 aliphatic rings. The van der Waals surface area contributed by atoms with Gasteiger partial charge in [0, 0.05) is 6.04 Å². The summed E-state index contributed by atoms with van der Waals surface area (Å²) in [6, 6.07) is 5.96. The first-order chi connectivity index (χ1) is 9.15. The molecule has 0 aromatic heterocycles. The SMILES string of the molecule is O=C(NC1CCCCC1)Oc1ccc(C(=O)O)cc1. The van der Waals surface area contributed by atoms with Gasteiger partial charge in [-0.3, -0.25) is 0 Å².